The molecule has 1 heterocycles. The molecule has 0 amide bonds. The zero-order valence-electron chi connectivity index (χ0n) is 10.8. The zero-order valence-corrected chi connectivity index (χ0v) is 12.3. The van der Waals surface area contributed by atoms with E-state index in [0.29, 0.717) is 19.8 Å². The Labute approximate surface area is 116 Å². The number of carbonyl (C=O) groups is 1. The summed E-state index contributed by atoms with van der Waals surface area (Å²) >= 11 is 0. The third kappa shape index (κ3) is 4.52. The highest BCUT2D eigenvalue weighted by molar-refractivity contribution is 8.13. The Hall–Kier alpha value is -1.05. The van der Waals surface area contributed by atoms with Gasteiger partial charge in [-0.1, -0.05) is 0 Å². The number of aryl methyl sites for hydroxylation is 1. The molecule has 1 rings (SSSR count). The average Bonchev–Trinajstić information content (AvgIpc) is 2.78. The number of hydrogen-bond acceptors (Lipinski definition) is 5. The van der Waals surface area contributed by atoms with Crippen LogP contribution in [0, 0.1) is 0 Å². The molecule has 0 saturated carbocycles. The predicted octanol–water partition coefficient (Wildman–Crippen LogP) is 1.63. The van der Waals surface area contributed by atoms with E-state index in [4.69, 9.17) is 20.2 Å². The van der Waals surface area contributed by atoms with Crippen molar-refractivity contribution in [2.24, 2.45) is 0 Å². The van der Waals surface area contributed by atoms with Gasteiger partial charge in [0.25, 0.3) is 9.05 Å². The van der Waals surface area contributed by atoms with Crippen LogP contribution in [-0.2, 0) is 25.1 Å². The predicted molar refractivity (Wildman–Crippen MR) is 69.9 cm³/mol. The highest BCUT2D eigenvalue weighted by Crippen LogP contribution is 2.19. The Morgan fingerprint density at radius 2 is 2.05 bits per heavy atom. The third-order valence-corrected chi connectivity index (χ3v) is 3.69. The molecule has 0 unspecified atom stereocenters. The van der Waals surface area contributed by atoms with E-state index in [-0.39, 0.29) is 17.2 Å². The van der Waals surface area contributed by atoms with Gasteiger partial charge in [-0.05, 0) is 19.9 Å². The normalized spacial score (nSPS) is 11.5. The molecule has 0 saturated heterocycles. The Morgan fingerprint density at radius 3 is 2.58 bits per heavy atom. The second kappa shape index (κ2) is 6.93. The topological polar surface area (TPSA) is 74.6 Å². The molecule has 0 N–H and O–H groups in total. The highest BCUT2D eigenvalue weighted by atomic mass is 35.7. The molecule has 6 nitrogen and oxygen atoms in total. The van der Waals surface area contributed by atoms with Gasteiger partial charge in [0, 0.05) is 30.0 Å². The van der Waals surface area contributed by atoms with Crippen LogP contribution in [0.15, 0.2) is 17.2 Å². The number of esters is 1. The van der Waals surface area contributed by atoms with Crippen LogP contribution in [0.3, 0.4) is 0 Å². The number of ether oxygens (including phenoxy) is 2. The van der Waals surface area contributed by atoms with Gasteiger partial charge in [0.1, 0.15) is 17.2 Å². The van der Waals surface area contributed by atoms with Crippen molar-refractivity contribution in [3.63, 3.8) is 0 Å². The van der Waals surface area contributed by atoms with Crippen LogP contribution < -0.4 is 0 Å². The maximum Gasteiger partial charge on any atom is 0.355 e. The van der Waals surface area contributed by atoms with Crippen molar-refractivity contribution < 1.29 is 22.7 Å². The molecule has 1 aromatic rings. The summed E-state index contributed by atoms with van der Waals surface area (Å²) in [5.74, 6) is -0.604. The highest BCUT2D eigenvalue weighted by Gasteiger charge is 2.20. The molecule has 0 aliphatic heterocycles. The number of hydrogen-bond donors (Lipinski definition) is 0. The molecule has 19 heavy (non-hydrogen) atoms. The van der Waals surface area contributed by atoms with E-state index in [1.807, 2.05) is 6.92 Å². The standard InChI is InChI=1S/C11H16ClNO5S/c1-3-13-8-9(19(12,15)16)7-10(13)11(14)18-6-5-17-4-2/h7-8H,3-6H2,1-2H3. The fraction of sp³-hybridized carbons (Fsp3) is 0.545. The van der Waals surface area contributed by atoms with E-state index in [9.17, 15) is 13.2 Å². The molecule has 8 heteroatoms. The lowest BCUT2D eigenvalue weighted by Gasteiger charge is -2.06. The van der Waals surface area contributed by atoms with Gasteiger partial charge in [0.15, 0.2) is 0 Å². The Morgan fingerprint density at radius 1 is 1.37 bits per heavy atom. The minimum atomic E-state index is -3.86. The summed E-state index contributed by atoms with van der Waals surface area (Å²) in [6.07, 6.45) is 1.31. The number of aromatic nitrogens is 1. The summed E-state index contributed by atoms with van der Waals surface area (Å²) in [5, 5.41) is 0. The van der Waals surface area contributed by atoms with Gasteiger partial charge >= 0.3 is 5.97 Å². The average molecular weight is 310 g/mol. The molecule has 0 aliphatic carbocycles. The van der Waals surface area contributed by atoms with E-state index < -0.39 is 15.0 Å². The van der Waals surface area contributed by atoms with Crippen LogP contribution in [0.25, 0.3) is 0 Å². The molecule has 0 aliphatic rings. The molecule has 0 aromatic carbocycles. The number of carbonyl (C=O) groups excluding carboxylic acids is 1. The fourth-order valence-electron chi connectivity index (χ4n) is 1.46. The van der Waals surface area contributed by atoms with Crippen molar-refractivity contribution in [2.75, 3.05) is 19.8 Å². The summed E-state index contributed by atoms with van der Waals surface area (Å²) < 4.78 is 33.9. The van der Waals surface area contributed by atoms with E-state index in [1.165, 1.54) is 16.8 Å². The summed E-state index contributed by atoms with van der Waals surface area (Å²) in [6.45, 7) is 5.00. The monoisotopic (exact) mass is 309 g/mol. The lowest BCUT2D eigenvalue weighted by atomic mass is 10.4. The molecule has 1 aromatic heterocycles. The number of nitrogens with zero attached hydrogens (tertiary/aromatic N) is 1. The summed E-state index contributed by atoms with van der Waals surface area (Å²) in [5.41, 5.74) is 0.151. The van der Waals surface area contributed by atoms with Gasteiger partial charge < -0.3 is 14.0 Å². The minimum Gasteiger partial charge on any atom is -0.459 e. The molecule has 0 radical (unpaired) electrons. The second-order valence-corrected chi connectivity index (χ2v) is 6.18. The molecule has 0 atom stereocenters. The number of rotatable bonds is 7. The first-order valence-corrected chi connectivity index (χ1v) is 8.10. The van der Waals surface area contributed by atoms with Crippen molar-refractivity contribution in [1.29, 1.82) is 0 Å². The van der Waals surface area contributed by atoms with Crippen LogP contribution in [0.1, 0.15) is 24.3 Å². The van der Waals surface area contributed by atoms with E-state index in [0.717, 1.165) is 0 Å². The van der Waals surface area contributed by atoms with Crippen LogP contribution >= 0.6 is 10.7 Å². The van der Waals surface area contributed by atoms with E-state index in [1.54, 1.807) is 6.92 Å². The van der Waals surface area contributed by atoms with E-state index in [2.05, 4.69) is 0 Å². The van der Waals surface area contributed by atoms with Gasteiger partial charge in [-0.15, -0.1) is 0 Å². The lowest BCUT2D eigenvalue weighted by molar-refractivity contribution is 0.0325. The lowest BCUT2D eigenvalue weighted by Crippen LogP contribution is -2.14. The van der Waals surface area contributed by atoms with Crippen LogP contribution in [0.2, 0.25) is 0 Å². The molecular formula is C11H16ClNO5S. The first-order chi connectivity index (χ1) is 8.90. The van der Waals surface area contributed by atoms with Crippen LogP contribution in [-0.4, -0.2) is 38.8 Å². The zero-order chi connectivity index (χ0) is 14.5. The maximum absolute atomic E-state index is 11.8. The Bertz CT molecular complexity index is 537. The largest absolute Gasteiger partial charge is 0.459 e. The molecule has 0 spiro atoms. The van der Waals surface area contributed by atoms with Gasteiger partial charge in [0.2, 0.25) is 0 Å². The van der Waals surface area contributed by atoms with Gasteiger partial charge in [-0.25, -0.2) is 13.2 Å². The summed E-state index contributed by atoms with van der Waals surface area (Å²) in [4.78, 5) is 11.7. The SMILES string of the molecule is CCOCCOC(=O)c1cc(S(=O)(=O)Cl)cn1CC. The molecule has 108 valence electrons. The van der Waals surface area contributed by atoms with E-state index >= 15 is 0 Å². The quantitative estimate of drug-likeness (QED) is 0.435. The van der Waals surface area contributed by atoms with Crippen molar-refractivity contribution in [2.45, 2.75) is 25.3 Å². The molecule has 0 fully saturated rings. The summed E-state index contributed by atoms with van der Waals surface area (Å²) in [6, 6.07) is 1.20. The fourth-order valence-corrected chi connectivity index (χ4v) is 2.22. The summed E-state index contributed by atoms with van der Waals surface area (Å²) in [7, 11) is 1.38. The maximum atomic E-state index is 11.8. The Kier molecular flexibility index (Phi) is 5.84. The van der Waals surface area contributed by atoms with Crippen molar-refractivity contribution in [3.8, 4) is 0 Å². The number of halogens is 1. The van der Waals surface area contributed by atoms with Crippen molar-refractivity contribution in [1.82, 2.24) is 4.57 Å². The molecular weight excluding hydrogens is 294 g/mol. The first kappa shape index (κ1) is 16.0. The second-order valence-electron chi connectivity index (χ2n) is 3.62. The van der Waals surface area contributed by atoms with Gasteiger partial charge in [0.05, 0.1) is 6.61 Å². The van der Waals surface area contributed by atoms with Crippen molar-refractivity contribution >= 4 is 25.7 Å². The van der Waals surface area contributed by atoms with Gasteiger partial charge in [-0.2, -0.15) is 0 Å². The first-order valence-electron chi connectivity index (χ1n) is 5.79. The van der Waals surface area contributed by atoms with Gasteiger partial charge in [-0.3, -0.25) is 0 Å². The van der Waals surface area contributed by atoms with Crippen molar-refractivity contribution in [3.05, 3.63) is 18.0 Å². The van der Waals surface area contributed by atoms with Crippen LogP contribution in [0.5, 0.6) is 0 Å². The third-order valence-electron chi connectivity index (χ3n) is 2.37. The minimum absolute atomic E-state index is 0.116. The van der Waals surface area contributed by atoms with Crippen LogP contribution in [0.4, 0.5) is 0 Å². The Balaban J connectivity index is 2.81. The smallest absolute Gasteiger partial charge is 0.355 e. The molecule has 0 bridgehead atoms.